The standard InChI is InChI=1S/C15H10F3N/c16-11-4-5-15-10(8-11)6-7-19(15)9-12-13(17)2-1-3-14(12)18/h1-8H,9H2. The van der Waals surface area contributed by atoms with Crippen LogP contribution in [0, 0.1) is 17.5 Å². The molecule has 0 aliphatic carbocycles. The Labute approximate surface area is 107 Å². The number of rotatable bonds is 2. The van der Waals surface area contributed by atoms with Crippen LogP contribution in [-0.2, 0) is 6.54 Å². The lowest BCUT2D eigenvalue weighted by Gasteiger charge is -2.08. The average Bonchev–Trinajstić information content (AvgIpc) is 2.76. The molecule has 0 amide bonds. The van der Waals surface area contributed by atoms with E-state index in [0.717, 1.165) is 5.52 Å². The van der Waals surface area contributed by atoms with Gasteiger partial charge in [-0.05, 0) is 36.4 Å². The highest BCUT2D eigenvalue weighted by Crippen LogP contribution is 2.20. The molecule has 0 aliphatic rings. The molecule has 0 saturated heterocycles. The Bertz CT molecular complexity index is 726. The number of halogens is 3. The maximum Gasteiger partial charge on any atom is 0.131 e. The molecular weight excluding hydrogens is 251 g/mol. The molecule has 0 fully saturated rings. The molecule has 3 rings (SSSR count). The van der Waals surface area contributed by atoms with E-state index in [-0.39, 0.29) is 17.9 Å². The number of nitrogens with zero attached hydrogens (tertiary/aromatic N) is 1. The predicted molar refractivity (Wildman–Crippen MR) is 67.4 cm³/mol. The molecule has 0 N–H and O–H groups in total. The van der Waals surface area contributed by atoms with Crippen molar-refractivity contribution in [2.75, 3.05) is 0 Å². The predicted octanol–water partition coefficient (Wildman–Crippen LogP) is 4.11. The van der Waals surface area contributed by atoms with E-state index in [2.05, 4.69) is 0 Å². The highest BCUT2D eigenvalue weighted by atomic mass is 19.1. The minimum absolute atomic E-state index is 0.00400. The first-order chi connectivity index (χ1) is 9.15. The fraction of sp³-hybridized carbons (Fsp3) is 0.0667. The Kier molecular flexibility index (Phi) is 2.78. The zero-order chi connectivity index (χ0) is 13.4. The van der Waals surface area contributed by atoms with Crippen LogP contribution in [0.5, 0.6) is 0 Å². The number of fused-ring (bicyclic) bond motifs is 1. The minimum Gasteiger partial charge on any atom is -0.343 e. The average molecular weight is 261 g/mol. The number of benzene rings is 2. The Morgan fingerprint density at radius 3 is 2.37 bits per heavy atom. The third-order valence-corrected chi connectivity index (χ3v) is 3.12. The van der Waals surface area contributed by atoms with Crippen molar-refractivity contribution in [2.45, 2.75) is 6.54 Å². The van der Waals surface area contributed by atoms with Crippen LogP contribution < -0.4 is 0 Å². The summed E-state index contributed by atoms with van der Waals surface area (Å²) in [5.74, 6) is -1.49. The number of aromatic nitrogens is 1. The van der Waals surface area contributed by atoms with E-state index < -0.39 is 11.6 Å². The van der Waals surface area contributed by atoms with Gasteiger partial charge in [-0.3, -0.25) is 0 Å². The molecule has 0 atom stereocenters. The molecule has 0 spiro atoms. The van der Waals surface area contributed by atoms with Gasteiger partial charge in [0.25, 0.3) is 0 Å². The van der Waals surface area contributed by atoms with Gasteiger partial charge in [0, 0.05) is 22.7 Å². The molecular formula is C15H10F3N. The molecule has 3 aromatic rings. The van der Waals surface area contributed by atoms with Crippen LogP contribution in [0.2, 0.25) is 0 Å². The summed E-state index contributed by atoms with van der Waals surface area (Å²) in [5, 5.41) is 0.705. The molecule has 1 aromatic heterocycles. The van der Waals surface area contributed by atoms with Gasteiger partial charge in [-0.25, -0.2) is 13.2 Å². The van der Waals surface area contributed by atoms with E-state index in [9.17, 15) is 13.2 Å². The van der Waals surface area contributed by atoms with Crippen molar-refractivity contribution in [2.24, 2.45) is 0 Å². The first kappa shape index (κ1) is 11.8. The van der Waals surface area contributed by atoms with Gasteiger partial charge < -0.3 is 4.57 Å². The van der Waals surface area contributed by atoms with Crippen molar-refractivity contribution in [3.63, 3.8) is 0 Å². The van der Waals surface area contributed by atoms with Crippen molar-refractivity contribution < 1.29 is 13.2 Å². The molecule has 0 saturated carbocycles. The second-order valence-corrected chi connectivity index (χ2v) is 4.35. The Balaban J connectivity index is 2.06. The fourth-order valence-electron chi connectivity index (χ4n) is 2.16. The Morgan fingerprint density at radius 1 is 0.895 bits per heavy atom. The van der Waals surface area contributed by atoms with Crippen molar-refractivity contribution in [1.82, 2.24) is 4.57 Å². The lowest BCUT2D eigenvalue weighted by Crippen LogP contribution is -2.03. The molecule has 0 bridgehead atoms. The van der Waals surface area contributed by atoms with E-state index in [1.807, 2.05) is 0 Å². The van der Waals surface area contributed by atoms with E-state index >= 15 is 0 Å². The van der Waals surface area contributed by atoms with Crippen LogP contribution in [-0.4, -0.2) is 4.57 Å². The maximum absolute atomic E-state index is 13.6. The highest BCUT2D eigenvalue weighted by molar-refractivity contribution is 5.80. The normalized spacial score (nSPS) is 11.1. The first-order valence-corrected chi connectivity index (χ1v) is 5.82. The third kappa shape index (κ3) is 2.10. The molecule has 19 heavy (non-hydrogen) atoms. The molecule has 1 nitrogen and oxygen atoms in total. The highest BCUT2D eigenvalue weighted by Gasteiger charge is 2.10. The molecule has 96 valence electrons. The summed E-state index contributed by atoms with van der Waals surface area (Å²) in [7, 11) is 0. The van der Waals surface area contributed by atoms with Gasteiger partial charge >= 0.3 is 0 Å². The van der Waals surface area contributed by atoms with Crippen molar-refractivity contribution in [3.05, 3.63) is 71.7 Å². The molecule has 4 heteroatoms. The van der Waals surface area contributed by atoms with Crippen molar-refractivity contribution in [1.29, 1.82) is 0 Å². The van der Waals surface area contributed by atoms with Crippen LogP contribution in [0.3, 0.4) is 0 Å². The molecule has 0 radical (unpaired) electrons. The van der Waals surface area contributed by atoms with E-state index in [4.69, 9.17) is 0 Å². The van der Waals surface area contributed by atoms with Gasteiger partial charge in [0.15, 0.2) is 0 Å². The first-order valence-electron chi connectivity index (χ1n) is 5.82. The number of hydrogen-bond donors (Lipinski definition) is 0. The van der Waals surface area contributed by atoms with Crippen LogP contribution in [0.15, 0.2) is 48.7 Å². The van der Waals surface area contributed by atoms with Gasteiger partial charge in [0.2, 0.25) is 0 Å². The van der Waals surface area contributed by atoms with Gasteiger partial charge in [-0.2, -0.15) is 0 Å². The number of hydrogen-bond acceptors (Lipinski definition) is 0. The van der Waals surface area contributed by atoms with Crippen molar-refractivity contribution >= 4 is 10.9 Å². The minimum atomic E-state index is -0.580. The molecule has 0 aliphatic heterocycles. The van der Waals surface area contributed by atoms with Crippen LogP contribution in [0.25, 0.3) is 10.9 Å². The zero-order valence-electron chi connectivity index (χ0n) is 9.91. The summed E-state index contributed by atoms with van der Waals surface area (Å²) in [6.45, 7) is 0.0770. The summed E-state index contributed by atoms with van der Waals surface area (Å²) in [6, 6.07) is 9.82. The van der Waals surface area contributed by atoms with Crippen molar-refractivity contribution in [3.8, 4) is 0 Å². The third-order valence-electron chi connectivity index (χ3n) is 3.12. The second kappa shape index (κ2) is 4.46. The monoisotopic (exact) mass is 261 g/mol. The topological polar surface area (TPSA) is 4.93 Å². The van der Waals surface area contributed by atoms with E-state index in [0.29, 0.717) is 5.39 Å². The van der Waals surface area contributed by atoms with E-state index in [1.54, 1.807) is 22.9 Å². The summed E-state index contributed by atoms with van der Waals surface area (Å²) >= 11 is 0. The molecule has 0 unspecified atom stereocenters. The summed E-state index contributed by atoms with van der Waals surface area (Å²) < 4.78 is 41.9. The lowest BCUT2D eigenvalue weighted by molar-refractivity contribution is 0.547. The lowest BCUT2D eigenvalue weighted by atomic mass is 10.2. The van der Waals surface area contributed by atoms with E-state index in [1.165, 1.54) is 30.3 Å². The summed E-state index contributed by atoms with van der Waals surface area (Å²) in [4.78, 5) is 0. The zero-order valence-corrected chi connectivity index (χ0v) is 9.91. The largest absolute Gasteiger partial charge is 0.343 e. The van der Waals surface area contributed by atoms with Gasteiger partial charge in [-0.15, -0.1) is 0 Å². The van der Waals surface area contributed by atoms with Crippen LogP contribution in [0.1, 0.15) is 5.56 Å². The Hall–Kier alpha value is -2.23. The van der Waals surface area contributed by atoms with Crippen LogP contribution in [0.4, 0.5) is 13.2 Å². The van der Waals surface area contributed by atoms with Gasteiger partial charge in [0.05, 0.1) is 6.54 Å². The summed E-state index contributed by atoms with van der Waals surface area (Å²) in [6.07, 6.45) is 1.69. The second-order valence-electron chi connectivity index (χ2n) is 4.35. The maximum atomic E-state index is 13.6. The molecule has 1 heterocycles. The Morgan fingerprint density at radius 2 is 1.63 bits per heavy atom. The summed E-state index contributed by atoms with van der Waals surface area (Å²) in [5.41, 5.74) is 0.744. The molecule has 2 aromatic carbocycles. The van der Waals surface area contributed by atoms with Gasteiger partial charge in [-0.1, -0.05) is 6.07 Å². The SMILES string of the molecule is Fc1ccc2c(ccn2Cc2c(F)cccc2F)c1. The van der Waals surface area contributed by atoms with Crippen LogP contribution >= 0.6 is 0 Å². The smallest absolute Gasteiger partial charge is 0.131 e. The van der Waals surface area contributed by atoms with Gasteiger partial charge in [0.1, 0.15) is 17.5 Å². The quantitative estimate of drug-likeness (QED) is 0.654. The fourth-order valence-corrected chi connectivity index (χ4v) is 2.16.